The first-order valence-electron chi connectivity index (χ1n) is 6.39. The number of rotatable bonds is 4. The molecule has 1 heterocycles. The molecule has 1 N–H and O–H groups in total. The minimum absolute atomic E-state index is 0.0790. The number of hydrogen-bond acceptors (Lipinski definition) is 5. The van der Waals surface area contributed by atoms with Crippen molar-refractivity contribution in [2.24, 2.45) is 0 Å². The molecule has 0 saturated carbocycles. The van der Waals surface area contributed by atoms with Crippen LogP contribution in [0.4, 0.5) is 0 Å². The lowest BCUT2D eigenvalue weighted by atomic mass is 10.2. The van der Waals surface area contributed by atoms with Crippen LogP contribution in [0.5, 0.6) is 0 Å². The van der Waals surface area contributed by atoms with E-state index in [4.69, 9.17) is 16.0 Å². The van der Waals surface area contributed by atoms with Crippen LogP contribution in [0.15, 0.2) is 27.5 Å². The van der Waals surface area contributed by atoms with Gasteiger partial charge in [0.2, 0.25) is 5.89 Å². The summed E-state index contributed by atoms with van der Waals surface area (Å²) in [5.74, 6) is 0.644. The highest BCUT2D eigenvalue weighted by molar-refractivity contribution is 7.90. The first kappa shape index (κ1) is 16.5. The number of nitrogens with one attached hydrogen (secondary N) is 1. The Morgan fingerprint density at radius 3 is 2.59 bits per heavy atom. The molecule has 2 rings (SSSR count). The van der Waals surface area contributed by atoms with Crippen LogP contribution in [-0.2, 0) is 16.4 Å². The van der Waals surface area contributed by atoms with E-state index in [2.05, 4.69) is 10.3 Å². The molecular formula is C14H15ClN2O4S. The van der Waals surface area contributed by atoms with E-state index in [0.29, 0.717) is 11.7 Å². The van der Waals surface area contributed by atoms with Crippen molar-refractivity contribution >= 4 is 27.3 Å². The van der Waals surface area contributed by atoms with Gasteiger partial charge in [-0.05, 0) is 32.0 Å². The number of nitrogens with zero attached hydrogens (tertiary/aromatic N) is 1. The molecule has 8 heteroatoms. The largest absolute Gasteiger partial charge is 0.444 e. The average Bonchev–Trinajstić information content (AvgIpc) is 2.74. The summed E-state index contributed by atoms with van der Waals surface area (Å²) in [6.07, 6.45) is 1.04. The fraction of sp³-hybridized carbons (Fsp3) is 0.286. The summed E-state index contributed by atoms with van der Waals surface area (Å²) >= 11 is 5.84. The van der Waals surface area contributed by atoms with Crippen LogP contribution in [0.3, 0.4) is 0 Å². The topological polar surface area (TPSA) is 89.3 Å². The molecule has 0 unspecified atom stereocenters. The average molecular weight is 343 g/mol. The lowest BCUT2D eigenvalue weighted by molar-refractivity contribution is 0.0947. The van der Waals surface area contributed by atoms with Gasteiger partial charge < -0.3 is 9.73 Å². The molecule has 1 amide bonds. The van der Waals surface area contributed by atoms with Crippen molar-refractivity contribution in [1.82, 2.24) is 10.3 Å². The second kappa shape index (κ2) is 6.10. The number of carbonyl (C=O) groups is 1. The third-order valence-electron chi connectivity index (χ3n) is 3.07. The highest BCUT2D eigenvalue weighted by Gasteiger charge is 2.16. The summed E-state index contributed by atoms with van der Waals surface area (Å²) in [6, 6.07) is 4.09. The van der Waals surface area contributed by atoms with Gasteiger partial charge in [-0.1, -0.05) is 11.6 Å². The Hall–Kier alpha value is -1.86. The predicted octanol–water partition coefficient (Wildman–Crippen LogP) is 2.28. The maximum atomic E-state index is 12.1. The first-order chi connectivity index (χ1) is 10.2. The maximum Gasteiger partial charge on any atom is 0.251 e. The van der Waals surface area contributed by atoms with Crippen molar-refractivity contribution in [2.75, 3.05) is 6.26 Å². The number of benzene rings is 1. The fourth-order valence-corrected chi connectivity index (χ4v) is 3.10. The minimum atomic E-state index is -3.50. The summed E-state index contributed by atoms with van der Waals surface area (Å²) in [5, 5.41) is 2.70. The quantitative estimate of drug-likeness (QED) is 0.920. The Bertz CT molecular complexity index is 808. The highest BCUT2D eigenvalue weighted by atomic mass is 35.5. The molecule has 0 saturated heterocycles. The van der Waals surface area contributed by atoms with E-state index in [0.717, 1.165) is 11.9 Å². The van der Waals surface area contributed by atoms with Crippen molar-refractivity contribution in [3.8, 4) is 0 Å². The monoisotopic (exact) mass is 342 g/mol. The van der Waals surface area contributed by atoms with Crippen LogP contribution in [0, 0.1) is 13.8 Å². The van der Waals surface area contributed by atoms with E-state index in [9.17, 15) is 13.2 Å². The first-order valence-corrected chi connectivity index (χ1v) is 8.66. The fourth-order valence-electron chi connectivity index (χ4n) is 1.80. The predicted molar refractivity (Wildman–Crippen MR) is 81.7 cm³/mol. The minimum Gasteiger partial charge on any atom is -0.444 e. The molecule has 1 aromatic carbocycles. The van der Waals surface area contributed by atoms with Gasteiger partial charge in [-0.15, -0.1) is 0 Å². The number of oxazole rings is 1. The molecule has 0 bridgehead atoms. The van der Waals surface area contributed by atoms with E-state index < -0.39 is 15.7 Å². The Labute approximate surface area is 133 Å². The summed E-state index contributed by atoms with van der Waals surface area (Å²) in [6.45, 7) is 3.71. The molecule has 6 nitrogen and oxygen atoms in total. The number of halogens is 1. The van der Waals surface area contributed by atoms with Crippen molar-refractivity contribution in [3.63, 3.8) is 0 Å². The molecule has 118 valence electrons. The zero-order valence-electron chi connectivity index (χ0n) is 12.3. The van der Waals surface area contributed by atoms with Crippen molar-refractivity contribution in [1.29, 1.82) is 0 Å². The summed E-state index contributed by atoms with van der Waals surface area (Å²) < 4.78 is 28.6. The lowest BCUT2D eigenvalue weighted by Crippen LogP contribution is -2.23. The summed E-state index contributed by atoms with van der Waals surface area (Å²) in [5.41, 5.74) is 0.958. The molecule has 0 fully saturated rings. The van der Waals surface area contributed by atoms with Gasteiger partial charge in [-0.25, -0.2) is 13.4 Å². The smallest absolute Gasteiger partial charge is 0.251 e. The van der Waals surface area contributed by atoms with Gasteiger partial charge in [0.05, 0.1) is 22.2 Å². The number of aryl methyl sites for hydroxylation is 2. The number of amides is 1. The molecule has 0 aliphatic rings. The van der Waals surface area contributed by atoms with Gasteiger partial charge in [-0.3, -0.25) is 4.79 Å². The van der Waals surface area contributed by atoms with E-state index in [-0.39, 0.29) is 22.0 Å². The molecule has 0 atom stereocenters. The van der Waals surface area contributed by atoms with Gasteiger partial charge in [0.15, 0.2) is 9.84 Å². The van der Waals surface area contributed by atoms with E-state index in [1.54, 1.807) is 6.92 Å². The van der Waals surface area contributed by atoms with Crippen molar-refractivity contribution in [3.05, 3.63) is 46.1 Å². The van der Waals surface area contributed by atoms with Crippen LogP contribution in [0.1, 0.15) is 27.7 Å². The molecule has 0 aliphatic carbocycles. The standard InChI is InChI=1S/C14H15ClN2O4S/c1-8-9(2)21-13(17-8)7-16-14(18)10-4-5-11(15)12(6-10)22(3,19)20/h4-6H,7H2,1-3H3,(H,16,18). The van der Waals surface area contributed by atoms with Gasteiger partial charge in [0, 0.05) is 11.8 Å². The summed E-state index contributed by atoms with van der Waals surface area (Å²) in [7, 11) is -3.50. The number of sulfone groups is 1. The van der Waals surface area contributed by atoms with Gasteiger partial charge in [0.25, 0.3) is 5.91 Å². The lowest BCUT2D eigenvalue weighted by Gasteiger charge is -2.06. The van der Waals surface area contributed by atoms with Gasteiger partial charge in [0.1, 0.15) is 5.76 Å². The highest BCUT2D eigenvalue weighted by Crippen LogP contribution is 2.22. The third-order valence-corrected chi connectivity index (χ3v) is 4.64. The van der Waals surface area contributed by atoms with E-state index in [1.807, 2.05) is 6.92 Å². The second-order valence-corrected chi connectivity index (χ2v) is 7.24. The van der Waals surface area contributed by atoms with Gasteiger partial charge >= 0.3 is 0 Å². The van der Waals surface area contributed by atoms with Crippen LogP contribution in [-0.4, -0.2) is 25.6 Å². The van der Waals surface area contributed by atoms with Crippen LogP contribution < -0.4 is 5.32 Å². The van der Waals surface area contributed by atoms with E-state index in [1.165, 1.54) is 18.2 Å². The summed E-state index contributed by atoms with van der Waals surface area (Å²) in [4.78, 5) is 16.2. The maximum absolute atomic E-state index is 12.1. The number of carbonyl (C=O) groups excluding carboxylic acids is 1. The van der Waals surface area contributed by atoms with Crippen LogP contribution >= 0.6 is 11.6 Å². The van der Waals surface area contributed by atoms with Gasteiger partial charge in [-0.2, -0.15) is 0 Å². The zero-order valence-corrected chi connectivity index (χ0v) is 13.9. The van der Waals surface area contributed by atoms with Crippen molar-refractivity contribution in [2.45, 2.75) is 25.3 Å². The molecule has 0 spiro atoms. The Morgan fingerprint density at radius 2 is 2.05 bits per heavy atom. The molecule has 0 aliphatic heterocycles. The second-order valence-electron chi connectivity index (χ2n) is 4.85. The normalized spacial score (nSPS) is 11.5. The number of aromatic nitrogens is 1. The molecule has 2 aromatic rings. The van der Waals surface area contributed by atoms with Crippen molar-refractivity contribution < 1.29 is 17.6 Å². The van der Waals surface area contributed by atoms with Crippen LogP contribution in [0.2, 0.25) is 5.02 Å². The Kier molecular flexibility index (Phi) is 4.58. The molecule has 0 radical (unpaired) electrons. The third kappa shape index (κ3) is 3.66. The molecule has 1 aromatic heterocycles. The Morgan fingerprint density at radius 1 is 1.36 bits per heavy atom. The zero-order chi connectivity index (χ0) is 16.5. The van der Waals surface area contributed by atoms with E-state index >= 15 is 0 Å². The number of hydrogen-bond donors (Lipinski definition) is 1. The molecular weight excluding hydrogens is 328 g/mol. The Balaban J connectivity index is 2.16. The SMILES string of the molecule is Cc1nc(CNC(=O)c2ccc(Cl)c(S(C)(=O)=O)c2)oc1C. The molecule has 22 heavy (non-hydrogen) atoms. The van der Waals surface area contributed by atoms with Crippen LogP contribution in [0.25, 0.3) is 0 Å².